The number of hydrogen-bond acceptors (Lipinski definition) is 3. The Hall–Kier alpha value is -0.580. The van der Waals surface area contributed by atoms with Crippen LogP contribution in [0.25, 0.3) is 0 Å². The van der Waals surface area contributed by atoms with Gasteiger partial charge in [-0.05, 0) is 24.1 Å². The van der Waals surface area contributed by atoms with E-state index in [1.807, 2.05) is 12.1 Å². The van der Waals surface area contributed by atoms with Gasteiger partial charge < -0.3 is 10.1 Å². The van der Waals surface area contributed by atoms with Crippen LogP contribution in [0.4, 0.5) is 4.39 Å². The van der Waals surface area contributed by atoms with E-state index in [-0.39, 0.29) is 5.82 Å². The Morgan fingerprint density at radius 3 is 2.83 bits per heavy atom. The summed E-state index contributed by atoms with van der Waals surface area (Å²) in [4.78, 5) is 0.741. The molecule has 0 fully saturated rings. The van der Waals surface area contributed by atoms with Crippen LogP contribution in [0.1, 0.15) is 25.8 Å². The third-order valence-corrected chi connectivity index (χ3v) is 4.03. The van der Waals surface area contributed by atoms with Gasteiger partial charge in [0.25, 0.3) is 0 Å². The smallest absolute Gasteiger partial charge is 0.137 e. The number of methoxy groups -OCH3 is 1. The molecule has 1 rings (SSSR count). The average Bonchev–Trinajstić information content (AvgIpc) is 2.37. The van der Waals surface area contributed by atoms with E-state index in [1.54, 1.807) is 24.9 Å². The topological polar surface area (TPSA) is 21.3 Å². The Balaban J connectivity index is 2.51. The molecule has 0 aliphatic rings. The fourth-order valence-electron chi connectivity index (χ4n) is 1.46. The maximum atomic E-state index is 13.8. The monoisotopic (exact) mass is 271 g/mol. The molecule has 1 unspecified atom stereocenters. The molecule has 102 valence electrons. The second kappa shape index (κ2) is 8.51. The lowest BCUT2D eigenvalue weighted by Gasteiger charge is -2.10. The number of thioether (sulfide) groups is 1. The molecule has 4 heteroatoms. The SMILES string of the molecule is CCC(C)Sc1ccc(CNCCOC)cc1F. The van der Waals surface area contributed by atoms with Gasteiger partial charge >= 0.3 is 0 Å². The minimum Gasteiger partial charge on any atom is -0.383 e. The number of nitrogens with one attached hydrogen (secondary N) is 1. The van der Waals surface area contributed by atoms with Crippen molar-refractivity contribution >= 4 is 11.8 Å². The minimum atomic E-state index is -0.119. The van der Waals surface area contributed by atoms with Crippen molar-refractivity contribution in [3.63, 3.8) is 0 Å². The summed E-state index contributed by atoms with van der Waals surface area (Å²) < 4.78 is 18.8. The molecular weight excluding hydrogens is 249 g/mol. The first-order chi connectivity index (χ1) is 8.67. The van der Waals surface area contributed by atoms with Gasteiger partial charge in [-0.2, -0.15) is 0 Å². The number of halogens is 1. The Bertz CT molecular complexity index is 360. The van der Waals surface area contributed by atoms with E-state index in [4.69, 9.17) is 4.74 Å². The van der Waals surface area contributed by atoms with Gasteiger partial charge in [0, 0.05) is 30.3 Å². The van der Waals surface area contributed by atoms with Crippen LogP contribution in [-0.4, -0.2) is 25.5 Å². The van der Waals surface area contributed by atoms with Gasteiger partial charge in [0.05, 0.1) is 6.61 Å². The molecule has 1 atom stereocenters. The molecule has 1 aromatic carbocycles. The van der Waals surface area contributed by atoms with Crippen LogP contribution in [0, 0.1) is 5.82 Å². The zero-order valence-corrected chi connectivity index (χ0v) is 12.1. The summed E-state index contributed by atoms with van der Waals surface area (Å²) in [5, 5.41) is 3.65. The molecule has 18 heavy (non-hydrogen) atoms. The Morgan fingerprint density at radius 2 is 2.22 bits per heavy atom. The third-order valence-electron chi connectivity index (χ3n) is 2.71. The first-order valence-corrected chi connectivity index (χ1v) is 7.20. The molecule has 0 aliphatic carbocycles. The van der Waals surface area contributed by atoms with Gasteiger partial charge in [0.15, 0.2) is 0 Å². The Kier molecular flexibility index (Phi) is 7.32. The van der Waals surface area contributed by atoms with Gasteiger partial charge in [-0.1, -0.05) is 19.9 Å². The van der Waals surface area contributed by atoms with Gasteiger partial charge in [-0.3, -0.25) is 0 Å². The van der Waals surface area contributed by atoms with E-state index in [0.29, 0.717) is 18.4 Å². The highest BCUT2D eigenvalue weighted by molar-refractivity contribution is 7.99. The number of ether oxygens (including phenoxy) is 1. The van der Waals surface area contributed by atoms with E-state index in [2.05, 4.69) is 19.2 Å². The number of benzene rings is 1. The molecule has 1 N–H and O–H groups in total. The fraction of sp³-hybridized carbons (Fsp3) is 0.571. The highest BCUT2D eigenvalue weighted by Gasteiger charge is 2.07. The van der Waals surface area contributed by atoms with Crippen molar-refractivity contribution in [3.05, 3.63) is 29.6 Å². The van der Waals surface area contributed by atoms with Gasteiger partial charge in [-0.15, -0.1) is 11.8 Å². The zero-order valence-electron chi connectivity index (χ0n) is 11.3. The van der Waals surface area contributed by atoms with E-state index >= 15 is 0 Å². The number of hydrogen-bond donors (Lipinski definition) is 1. The summed E-state index contributed by atoms with van der Waals surface area (Å²) in [6.45, 7) is 6.36. The normalized spacial score (nSPS) is 12.7. The molecule has 0 spiro atoms. The number of rotatable bonds is 8. The average molecular weight is 271 g/mol. The van der Waals surface area contributed by atoms with Crippen molar-refractivity contribution in [2.75, 3.05) is 20.3 Å². The molecule has 0 bridgehead atoms. The van der Waals surface area contributed by atoms with E-state index in [1.165, 1.54) is 0 Å². The van der Waals surface area contributed by atoms with Crippen LogP contribution in [-0.2, 0) is 11.3 Å². The van der Waals surface area contributed by atoms with Gasteiger partial charge in [0.1, 0.15) is 5.82 Å². The van der Waals surface area contributed by atoms with Crippen molar-refractivity contribution in [3.8, 4) is 0 Å². The summed E-state index contributed by atoms with van der Waals surface area (Å²) in [6, 6.07) is 5.47. The first-order valence-electron chi connectivity index (χ1n) is 6.32. The van der Waals surface area contributed by atoms with Crippen LogP contribution in [0.3, 0.4) is 0 Å². The van der Waals surface area contributed by atoms with E-state index in [0.717, 1.165) is 23.4 Å². The molecule has 1 aromatic rings. The van der Waals surface area contributed by atoms with E-state index < -0.39 is 0 Å². The van der Waals surface area contributed by atoms with Crippen LogP contribution in [0.5, 0.6) is 0 Å². The van der Waals surface area contributed by atoms with Crippen molar-refractivity contribution < 1.29 is 9.13 Å². The quantitative estimate of drug-likeness (QED) is 0.578. The van der Waals surface area contributed by atoms with Crippen molar-refractivity contribution in [1.29, 1.82) is 0 Å². The Labute approximate surface area is 113 Å². The van der Waals surface area contributed by atoms with Crippen molar-refractivity contribution in [2.24, 2.45) is 0 Å². The minimum absolute atomic E-state index is 0.119. The summed E-state index contributed by atoms with van der Waals surface area (Å²) in [6.07, 6.45) is 1.05. The summed E-state index contributed by atoms with van der Waals surface area (Å²) in [5.74, 6) is -0.119. The fourth-order valence-corrected chi connectivity index (χ4v) is 2.38. The maximum absolute atomic E-state index is 13.8. The largest absolute Gasteiger partial charge is 0.383 e. The van der Waals surface area contributed by atoms with Crippen LogP contribution < -0.4 is 5.32 Å². The van der Waals surface area contributed by atoms with Gasteiger partial charge in [0.2, 0.25) is 0 Å². The highest BCUT2D eigenvalue weighted by atomic mass is 32.2. The lowest BCUT2D eigenvalue weighted by atomic mass is 10.2. The molecule has 0 radical (unpaired) electrons. The summed E-state index contributed by atoms with van der Waals surface area (Å²) >= 11 is 1.60. The second-order valence-corrected chi connectivity index (χ2v) is 5.75. The van der Waals surface area contributed by atoms with Crippen LogP contribution in [0.15, 0.2) is 23.1 Å². The third kappa shape index (κ3) is 5.38. The predicted molar refractivity (Wildman–Crippen MR) is 75.6 cm³/mol. The van der Waals surface area contributed by atoms with Gasteiger partial charge in [-0.25, -0.2) is 4.39 Å². The molecular formula is C14H22FNOS. The molecule has 0 saturated carbocycles. The predicted octanol–water partition coefficient (Wildman–Crippen LogP) is 3.45. The molecule has 0 saturated heterocycles. The molecule has 0 heterocycles. The zero-order chi connectivity index (χ0) is 13.4. The molecule has 0 aromatic heterocycles. The Morgan fingerprint density at radius 1 is 1.44 bits per heavy atom. The summed E-state index contributed by atoms with van der Waals surface area (Å²) in [5.41, 5.74) is 0.970. The second-order valence-electron chi connectivity index (χ2n) is 4.27. The van der Waals surface area contributed by atoms with Crippen LogP contribution >= 0.6 is 11.8 Å². The lowest BCUT2D eigenvalue weighted by molar-refractivity contribution is 0.199. The standard InChI is InChI=1S/C14H22FNOS/c1-4-11(2)18-14-6-5-12(9-13(14)15)10-16-7-8-17-3/h5-6,9,11,16H,4,7-8,10H2,1-3H3. The van der Waals surface area contributed by atoms with E-state index in [9.17, 15) is 4.39 Å². The molecule has 0 aliphatic heterocycles. The first kappa shape index (κ1) is 15.5. The van der Waals surface area contributed by atoms with Crippen molar-refractivity contribution in [2.45, 2.75) is 37.0 Å². The highest BCUT2D eigenvalue weighted by Crippen LogP contribution is 2.27. The van der Waals surface area contributed by atoms with Crippen molar-refractivity contribution in [1.82, 2.24) is 5.32 Å². The molecule has 2 nitrogen and oxygen atoms in total. The van der Waals surface area contributed by atoms with Crippen LogP contribution in [0.2, 0.25) is 0 Å². The summed E-state index contributed by atoms with van der Waals surface area (Å²) in [7, 11) is 1.67. The maximum Gasteiger partial charge on any atom is 0.137 e. The lowest BCUT2D eigenvalue weighted by Crippen LogP contribution is -2.18. The molecule has 0 amide bonds.